The summed E-state index contributed by atoms with van der Waals surface area (Å²) in [4.78, 5) is 16.4. The van der Waals surface area contributed by atoms with Gasteiger partial charge in [0.2, 0.25) is 5.91 Å². The summed E-state index contributed by atoms with van der Waals surface area (Å²) < 4.78 is 2.01. The van der Waals surface area contributed by atoms with Gasteiger partial charge in [-0.25, -0.2) is 4.98 Å². The first-order valence-corrected chi connectivity index (χ1v) is 7.03. The van der Waals surface area contributed by atoms with E-state index in [0.717, 1.165) is 30.6 Å². The Hall–Kier alpha value is -1.84. The van der Waals surface area contributed by atoms with Crippen molar-refractivity contribution in [1.29, 1.82) is 0 Å². The molecular formula is C15H19N3O. The fourth-order valence-corrected chi connectivity index (χ4v) is 2.75. The van der Waals surface area contributed by atoms with E-state index in [1.807, 2.05) is 35.0 Å². The molecule has 1 aliphatic carbocycles. The second kappa shape index (κ2) is 5.43. The van der Waals surface area contributed by atoms with E-state index in [2.05, 4.69) is 10.3 Å². The van der Waals surface area contributed by atoms with Crippen molar-refractivity contribution < 1.29 is 4.79 Å². The van der Waals surface area contributed by atoms with E-state index in [1.54, 1.807) is 0 Å². The van der Waals surface area contributed by atoms with Gasteiger partial charge in [0, 0.05) is 31.3 Å². The Morgan fingerprint density at radius 2 is 2.21 bits per heavy atom. The van der Waals surface area contributed by atoms with E-state index in [1.165, 1.54) is 12.8 Å². The van der Waals surface area contributed by atoms with Crippen molar-refractivity contribution in [3.05, 3.63) is 36.3 Å². The average molecular weight is 257 g/mol. The minimum atomic E-state index is 0.223. The van der Waals surface area contributed by atoms with Crippen LogP contribution in [0.4, 0.5) is 0 Å². The molecule has 3 rings (SSSR count). The molecule has 0 aromatic carbocycles. The lowest BCUT2D eigenvalue weighted by Gasteiger charge is -2.09. The number of rotatable bonds is 4. The third-order valence-electron chi connectivity index (χ3n) is 3.82. The van der Waals surface area contributed by atoms with Crippen LogP contribution in [0.3, 0.4) is 0 Å². The highest BCUT2D eigenvalue weighted by atomic mass is 16.1. The average Bonchev–Trinajstić information content (AvgIpc) is 3.07. The van der Waals surface area contributed by atoms with Crippen LogP contribution in [0.15, 0.2) is 30.6 Å². The lowest BCUT2D eigenvalue weighted by molar-refractivity contribution is -0.124. The highest BCUT2D eigenvalue weighted by molar-refractivity contribution is 5.78. The molecule has 1 N–H and O–H groups in total. The molecule has 2 aromatic heterocycles. The molecule has 0 aliphatic heterocycles. The third-order valence-corrected chi connectivity index (χ3v) is 3.82. The van der Waals surface area contributed by atoms with E-state index >= 15 is 0 Å². The second-order valence-electron chi connectivity index (χ2n) is 5.22. The summed E-state index contributed by atoms with van der Waals surface area (Å²) in [7, 11) is 0. The van der Waals surface area contributed by atoms with E-state index in [9.17, 15) is 4.79 Å². The molecule has 100 valence electrons. The molecule has 1 fully saturated rings. The summed E-state index contributed by atoms with van der Waals surface area (Å²) in [6, 6.07) is 5.95. The van der Waals surface area contributed by atoms with E-state index in [0.29, 0.717) is 6.54 Å². The number of aromatic nitrogens is 2. The monoisotopic (exact) mass is 257 g/mol. The SMILES string of the molecule is O=C(NCCc1cn2ccccc2n1)C1CCCC1. The van der Waals surface area contributed by atoms with Crippen molar-refractivity contribution in [1.82, 2.24) is 14.7 Å². The van der Waals surface area contributed by atoms with E-state index in [4.69, 9.17) is 0 Å². The second-order valence-corrected chi connectivity index (χ2v) is 5.22. The first-order chi connectivity index (χ1) is 9.33. The standard InChI is InChI=1S/C15H19N3O/c19-15(12-5-1-2-6-12)16-9-8-13-11-18-10-4-3-7-14(18)17-13/h3-4,7,10-12H,1-2,5-6,8-9H2,(H,16,19). The van der Waals surface area contributed by atoms with Gasteiger partial charge in [0.05, 0.1) is 5.69 Å². The van der Waals surface area contributed by atoms with Gasteiger partial charge in [-0.2, -0.15) is 0 Å². The fourth-order valence-electron chi connectivity index (χ4n) is 2.75. The summed E-state index contributed by atoms with van der Waals surface area (Å²) >= 11 is 0. The number of pyridine rings is 1. The van der Waals surface area contributed by atoms with Crippen LogP contribution in [0.25, 0.3) is 5.65 Å². The van der Waals surface area contributed by atoms with Crippen LogP contribution < -0.4 is 5.32 Å². The number of amides is 1. The van der Waals surface area contributed by atoms with Crippen LogP contribution in [0.5, 0.6) is 0 Å². The van der Waals surface area contributed by atoms with Gasteiger partial charge >= 0.3 is 0 Å². The molecule has 0 saturated heterocycles. The maximum atomic E-state index is 11.9. The molecule has 0 radical (unpaired) electrons. The lowest BCUT2D eigenvalue weighted by atomic mass is 10.1. The van der Waals surface area contributed by atoms with Gasteiger partial charge in [0.15, 0.2) is 0 Å². The van der Waals surface area contributed by atoms with Gasteiger partial charge in [-0.1, -0.05) is 18.9 Å². The Morgan fingerprint density at radius 3 is 3.00 bits per heavy atom. The Kier molecular flexibility index (Phi) is 3.49. The first kappa shape index (κ1) is 12.2. The summed E-state index contributed by atoms with van der Waals surface area (Å²) in [6.45, 7) is 0.680. The number of hydrogen-bond donors (Lipinski definition) is 1. The largest absolute Gasteiger partial charge is 0.355 e. The molecular weight excluding hydrogens is 238 g/mol. The van der Waals surface area contributed by atoms with Crippen LogP contribution in [0.1, 0.15) is 31.4 Å². The zero-order valence-corrected chi connectivity index (χ0v) is 11.0. The minimum Gasteiger partial charge on any atom is -0.355 e. The number of imidazole rings is 1. The van der Waals surface area contributed by atoms with Gasteiger partial charge < -0.3 is 9.72 Å². The molecule has 2 heterocycles. The van der Waals surface area contributed by atoms with Gasteiger partial charge in [0.1, 0.15) is 5.65 Å². The molecule has 19 heavy (non-hydrogen) atoms. The van der Waals surface area contributed by atoms with E-state index in [-0.39, 0.29) is 11.8 Å². The number of carbonyl (C=O) groups excluding carboxylic acids is 1. The lowest BCUT2D eigenvalue weighted by Crippen LogP contribution is -2.30. The molecule has 1 amide bonds. The van der Waals surface area contributed by atoms with Gasteiger partial charge in [-0.05, 0) is 25.0 Å². The normalized spacial score (nSPS) is 16.0. The maximum Gasteiger partial charge on any atom is 0.223 e. The zero-order chi connectivity index (χ0) is 13.1. The Bertz CT molecular complexity index is 537. The number of nitrogens with zero attached hydrogens (tertiary/aromatic N) is 2. The van der Waals surface area contributed by atoms with Crippen molar-refractivity contribution >= 4 is 11.6 Å². The smallest absolute Gasteiger partial charge is 0.223 e. The van der Waals surface area contributed by atoms with Crippen molar-refractivity contribution in [3.63, 3.8) is 0 Å². The Morgan fingerprint density at radius 1 is 1.37 bits per heavy atom. The highest BCUT2D eigenvalue weighted by Crippen LogP contribution is 2.24. The molecule has 2 aromatic rings. The van der Waals surface area contributed by atoms with Crippen molar-refractivity contribution in [2.24, 2.45) is 5.92 Å². The molecule has 0 spiro atoms. The van der Waals surface area contributed by atoms with Crippen LogP contribution in [-0.4, -0.2) is 21.8 Å². The highest BCUT2D eigenvalue weighted by Gasteiger charge is 2.21. The topological polar surface area (TPSA) is 46.4 Å². The van der Waals surface area contributed by atoms with Crippen LogP contribution in [0, 0.1) is 5.92 Å². The van der Waals surface area contributed by atoms with Crippen LogP contribution >= 0.6 is 0 Å². The summed E-state index contributed by atoms with van der Waals surface area (Å²) in [6.07, 6.45) is 9.32. The maximum absolute atomic E-state index is 11.9. The quantitative estimate of drug-likeness (QED) is 0.912. The molecule has 1 aliphatic rings. The number of fused-ring (bicyclic) bond motifs is 1. The molecule has 0 atom stereocenters. The zero-order valence-electron chi connectivity index (χ0n) is 11.0. The molecule has 1 saturated carbocycles. The summed E-state index contributed by atoms with van der Waals surface area (Å²) in [5.74, 6) is 0.474. The van der Waals surface area contributed by atoms with Crippen LogP contribution in [-0.2, 0) is 11.2 Å². The van der Waals surface area contributed by atoms with Gasteiger partial charge in [-0.3, -0.25) is 4.79 Å². The minimum absolute atomic E-state index is 0.223. The van der Waals surface area contributed by atoms with Gasteiger partial charge in [0.25, 0.3) is 0 Å². The Balaban J connectivity index is 1.53. The number of carbonyl (C=O) groups is 1. The molecule has 4 nitrogen and oxygen atoms in total. The summed E-state index contributed by atoms with van der Waals surface area (Å²) in [5, 5.41) is 3.03. The van der Waals surface area contributed by atoms with Crippen molar-refractivity contribution in [3.8, 4) is 0 Å². The predicted octanol–water partition coefficient (Wildman–Crippen LogP) is 2.18. The first-order valence-electron chi connectivity index (χ1n) is 7.03. The molecule has 0 bridgehead atoms. The fraction of sp³-hybridized carbons (Fsp3) is 0.467. The van der Waals surface area contributed by atoms with Crippen molar-refractivity contribution in [2.45, 2.75) is 32.1 Å². The number of hydrogen-bond acceptors (Lipinski definition) is 2. The van der Waals surface area contributed by atoms with Crippen molar-refractivity contribution in [2.75, 3.05) is 6.54 Å². The van der Waals surface area contributed by atoms with Crippen LogP contribution in [0.2, 0.25) is 0 Å². The van der Waals surface area contributed by atoms with Gasteiger partial charge in [-0.15, -0.1) is 0 Å². The predicted molar refractivity (Wildman–Crippen MR) is 73.9 cm³/mol. The molecule has 4 heteroatoms. The summed E-state index contributed by atoms with van der Waals surface area (Å²) in [5.41, 5.74) is 1.98. The van der Waals surface area contributed by atoms with E-state index < -0.39 is 0 Å². The number of nitrogens with one attached hydrogen (secondary N) is 1. The third kappa shape index (κ3) is 2.78. The Labute approximate surface area is 112 Å². The molecule has 0 unspecified atom stereocenters.